The van der Waals surface area contributed by atoms with Crippen molar-refractivity contribution in [1.29, 1.82) is 0 Å². The second kappa shape index (κ2) is 14.7. The predicted molar refractivity (Wildman–Crippen MR) is 130 cm³/mol. The fraction of sp³-hybridized carbons (Fsp3) is 0.625. The molecular weight excluding hydrogens is 378 g/mol. The van der Waals surface area contributed by atoms with E-state index in [1.54, 1.807) is 7.11 Å². The van der Waals surface area contributed by atoms with Gasteiger partial charge in [-0.3, -0.25) is 4.79 Å². The lowest BCUT2D eigenvalue weighted by molar-refractivity contribution is -0.139. The molecule has 1 aromatic carbocycles. The topological polar surface area (TPSA) is 35.5 Å². The molecule has 0 saturated heterocycles. The largest absolute Gasteiger partial charge is 0.497 e. The average molecular weight is 418 g/mol. The van der Waals surface area contributed by atoms with Gasteiger partial charge in [-0.15, -0.1) is 6.08 Å². The quantitative estimate of drug-likeness (QED) is 0.180. The molecule has 0 bridgehead atoms. The van der Waals surface area contributed by atoms with E-state index in [1.807, 2.05) is 36.4 Å². The number of carbonyl (C=O) groups is 1. The van der Waals surface area contributed by atoms with E-state index in [4.69, 9.17) is 9.47 Å². The summed E-state index contributed by atoms with van der Waals surface area (Å²) in [6, 6.07) is 7.91. The summed E-state index contributed by atoms with van der Waals surface area (Å²) in [5.41, 5.74) is 1.06. The van der Waals surface area contributed by atoms with Crippen LogP contribution in [0.3, 0.4) is 0 Å². The molecule has 5 heteroatoms. The zero-order valence-electron chi connectivity index (χ0n) is 19.2. The summed E-state index contributed by atoms with van der Waals surface area (Å²) in [7, 11) is 1.86. The lowest BCUT2D eigenvalue weighted by atomic mass is 9.85. The van der Waals surface area contributed by atoms with Gasteiger partial charge < -0.3 is 9.47 Å². The van der Waals surface area contributed by atoms with Crippen molar-refractivity contribution in [2.45, 2.75) is 65.1 Å². The Labute approximate surface area is 180 Å². The zero-order valence-corrected chi connectivity index (χ0v) is 20.0. The van der Waals surface area contributed by atoms with E-state index < -0.39 is 7.14 Å². The standard InChI is InChI=1S/C24H40BO3P/c1-6-9-18-29(19-10-7-2,20-11-8-3)25-23(24(26)28-5)17-14-21-12-15-22(27-4)16-13-21/h12-17,23H,6-11,18-20H2,1-5H3/b17-14+. The molecule has 0 aliphatic carbocycles. The molecule has 29 heavy (non-hydrogen) atoms. The van der Waals surface area contributed by atoms with E-state index in [9.17, 15) is 4.79 Å². The van der Waals surface area contributed by atoms with Crippen LogP contribution in [0.5, 0.6) is 5.75 Å². The molecule has 2 radical (unpaired) electrons. The fourth-order valence-corrected chi connectivity index (χ4v) is 8.43. The summed E-state index contributed by atoms with van der Waals surface area (Å²) in [6.45, 7) is 9.20. The number of carbonyl (C=O) groups excluding carboxylic acids is 1. The number of esters is 1. The molecule has 162 valence electrons. The van der Waals surface area contributed by atoms with Crippen LogP contribution in [0.25, 0.3) is 6.08 Å². The van der Waals surface area contributed by atoms with E-state index >= 15 is 0 Å². The molecule has 0 aromatic heterocycles. The second-order valence-corrected chi connectivity index (χ2v) is 11.9. The van der Waals surface area contributed by atoms with E-state index in [-0.39, 0.29) is 11.8 Å². The van der Waals surface area contributed by atoms with Crippen LogP contribution in [-0.2, 0) is 9.53 Å². The van der Waals surface area contributed by atoms with Crippen LogP contribution < -0.4 is 4.74 Å². The summed E-state index contributed by atoms with van der Waals surface area (Å²) < 4.78 is 10.4. The number of hydrogen-bond donors (Lipinski definition) is 0. The van der Waals surface area contributed by atoms with Gasteiger partial charge in [-0.1, -0.05) is 71.1 Å². The Morgan fingerprint density at radius 1 is 0.966 bits per heavy atom. The molecule has 0 saturated carbocycles. The first-order valence-corrected chi connectivity index (χ1v) is 13.6. The molecule has 0 aliphatic rings. The normalized spacial score (nSPS) is 12.9. The molecule has 0 N–H and O–H groups in total. The monoisotopic (exact) mass is 418 g/mol. The van der Waals surface area contributed by atoms with Gasteiger partial charge in [-0.05, 0) is 37.0 Å². The number of hydrogen-bond acceptors (Lipinski definition) is 3. The molecule has 1 atom stereocenters. The van der Waals surface area contributed by atoms with Gasteiger partial charge in [0.1, 0.15) is 5.75 Å². The maximum absolute atomic E-state index is 12.6. The highest BCUT2D eigenvalue weighted by Gasteiger charge is 2.28. The average Bonchev–Trinajstić information content (AvgIpc) is 2.77. The lowest BCUT2D eigenvalue weighted by Gasteiger charge is -2.42. The molecule has 0 heterocycles. The van der Waals surface area contributed by atoms with Gasteiger partial charge in [0.25, 0.3) is 5.97 Å². The van der Waals surface area contributed by atoms with Crippen LogP contribution in [0.4, 0.5) is 0 Å². The van der Waals surface area contributed by atoms with Crippen LogP contribution in [0.15, 0.2) is 30.3 Å². The van der Waals surface area contributed by atoms with Crippen LogP contribution >= 0.6 is 7.14 Å². The van der Waals surface area contributed by atoms with Crippen molar-refractivity contribution in [3.05, 3.63) is 35.9 Å². The Morgan fingerprint density at radius 3 is 1.90 bits per heavy atom. The Balaban J connectivity index is 3.08. The van der Waals surface area contributed by atoms with Crippen molar-refractivity contribution < 1.29 is 14.3 Å². The van der Waals surface area contributed by atoms with Gasteiger partial charge in [-0.25, -0.2) is 7.14 Å². The number of methoxy groups -OCH3 is 2. The number of benzene rings is 1. The maximum atomic E-state index is 12.6. The summed E-state index contributed by atoms with van der Waals surface area (Å²) in [5, 5.41) is 0. The minimum atomic E-state index is -1.30. The van der Waals surface area contributed by atoms with Gasteiger partial charge in [0.05, 0.1) is 14.2 Å². The Bertz CT molecular complexity index is 579. The molecule has 0 aliphatic heterocycles. The first-order valence-electron chi connectivity index (χ1n) is 11.2. The van der Waals surface area contributed by atoms with Crippen molar-refractivity contribution in [2.24, 2.45) is 0 Å². The summed E-state index contributed by atoms with van der Waals surface area (Å²) in [5.74, 6) is 0.409. The van der Waals surface area contributed by atoms with Crippen LogP contribution in [0.1, 0.15) is 64.9 Å². The first-order chi connectivity index (χ1) is 14.0. The van der Waals surface area contributed by atoms with E-state index in [0.717, 1.165) is 11.3 Å². The third kappa shape index (κ3) is 9.38. The lowest BCUT2D eigenvalue weighted by Crippen LogP contribution is -2.23. The van der Waals surface area contributed by atoms with Crippen molar-refractivity contribution in [1.82, 2.24) is 0 Å². The SMILES string of the molecule is CCCC[P+]([B-]C(/C=C/c1ccc(OC)cc1)C(=O)OC)(CCCC)CCCC. The van der Waals surface area contributed by atoms with Crippen molar-refractivity contribution >= 4 is 26.2 Å². The second-order valence-electron chi connectivity index (χ2n) is 7.78. The molecule has 3 nitrogen and oxygen atoms in total. The molecule has 0 amide bonds. The highest BCUT2D eigenvalue weighted by molar-refractivity contribution is 8.00. The maximum Gasteiger partial charge on any atom is 0.274 e. The van der Waals surface area contributed by atoms with Crippen molar-refractivity contribution in [2.75, 3.05) is 32.7 Å². The van der Waals surface area contributed by atoms with Gasteiger partial charge in [-0.2, -0.15) is 0 Å². The molecule has 0 fully saturated rings. The molecule has 1 unspecified atom stereocenters. The predicted octanol–water partition coefficient (Wildman–Crippen LogP) is 6.71. The summed E-state index contributed by atoms with van der Waals surface area (Å²) in [6.07, 6.45) is 15.2. The number of rotatable bonds is 15. The Hall–Kier alpha value is -1.28. The van der Waals surface area contributed by atoms with Crippen LogP contribution in [0, 0.1) is 0 Å². The number of ether oxygens (including phenoxy) is 2. The smallest absolute Gasteiger partial charge is 0.274 e. The highest BCUT2D eigenvalue weighted by Crippen LogP contribution is 2.61. The van der Waals surface area contributed by atoms with Crippen molar-refractivity contribution in [3.8, 4) is 5.75 Å². The molecular formula is C24H40BO3P. The minimum Gasteiger partial charge on any atom is -0.497 e. The number of unbranched alkanes of at least 4 members (excludes halogenated alkanes) is 3. The third-order valence-electron chi connectivity index (χ3n) is 5.43. The minimum absolute atomic E-state index is 0.149. The van der Waals surface area contributed by atoms with Gasteiger partial charge in [0.15, 0.2) is 0 Å². The fourth-order valence-electron chi connectivity index (χ4n) is 3.57. The van der Waals surface area contributed by atoms with E-state index in [2.05, 4.69) is 27.8 Å². The van der Waals surface area contributed by atoms with Crippen molar-refractivity contribution in [3.63, 3.8) is 0 Å². The first kappa shape index (κ1) is 25.8. The van der Waals surface area contributed by atoms with Crippen LogP contribution in [0.2, 0.25) is 5.82 Å². The zero-order chi connectivity index (χ0) is 21.5. The van der Waals surface area contributed by atoms with Gasteiger partial charge in [0, 0.05) is 18.5 Å². The Kier molecular flexibility index (Phi) is 13.0. The van der Waals surface area contributed by atoms with Gasteiger partial charge in [0.2, 0.25) is 0 Å². The third-order valence-corrected chi connectivity index (χ3v) is 10.0. The molecule has 1 rings (SSSR count). The van der Waals surface area contributed by atoms with Gasteiger partial charge >= 0.3 is 0 Å². The Morgan fingerprint density at radius 2 is 1.48 bits per heavy atom. The van der Waals surface area contributed by atoms with Crippen LogP contribution in [-0.4, -0.2) is 45.7 Å². The molecule has 1 aromatic rings. The van der Waals surface area contributed by atoms with E-state index in [0.29, 0.717) is 0 Å². The highest BCUT2D eigenvalue weighted by atomic mass is 31.2. The summed E-state index contributed by atoms with van der Waals surface area (Å²) >= 11 is 0. The van der Waals surface area contributed by atoms with E-state index in [1.165, 1.54) is 64.1 Å². The molecule has 0 spiro atoms. The summed E-state index contributed by atoms with van der Waals surface area (Å²) in [4.78, 5) is 12.6.